The monoisotopic (exact) mass is 582 g/mol. The van der Waals surface area contributed by atoms with Crippen LogP contribution in [0.2, 0.25) is 10.0 Å². The maximum atomic E-state index is 12.9. The van der Waals surface area contributed by atoms with Crippen LogP contribution < -0.4 is 29.4 Å². The molecule has 208 valence electrons. The van der Waals surface area contributed by atoms with Gasteiger partial charge in [-0.25, -0.2) is 4.79 Å². The number of esters is 1. The third-order valence-electron chi connectivity index (χ3n) is 6.20. The number of carbonyl (C=O) groups is 1. The second-order valence-electron chi connectivity index (χ2n) is 8.83. The summed E-state index contributed by atoms with van der Waals surface area (Å²) in [6.45, 7) is 4.86. The second kappa shape index (κ2) is 12.9. The van der Waals surface area contributed by atoms with E-state index >= 15 is 0 Å². The average Bonchev–Trinajstić information content (AvgIpc) is 2.94. The summed E-state index contributed by atoms with van der Waals surface area (Å²) in [5.74, 6) is 0.713. The van der Waals surface area contributed by atoms with Crippen molar-refractivity contribution >= 4 is 29.2 Å². The molecule has 3 aromatic rings. The van der Waals surface area contributed by atoms with Gasteiger partial charge < -0.3 is 29.4 Å². The first kappa shape index (κ1) is 28.9. The Bertz CT molecular complexity index is 1470. The quantitative estimate of drug-likeness (QED) is 0.154. The van der Waals surface area contributed by atoms with E-state index in [-0.39, 0.29) is 32.8 Å². The van der Waals surface area contributed by atoms with Crippen LogP contribution in [0.4, 0.5) is 0 Å². The smallest absolute Gasteiger partial charge is 0.343 e. The van der Waals surface area contributed by atoms with Crippen LogP contribution >= 0.6 is 23.2 Å². The van der Waals surface area contributed by atoms with E-state index in [1.54, 1.807) is 37.4 Å². The van der Waals surface area contributed by atoms with E-state index in [1.807, 2.05) is 19.9 Å². The van der Waals surface area contributed by atoms with Crippen LogP contribution in [0, 0.1) is 11.3 Å². The molecule has 1 unspecified atom stereocenters. The van der Waals surface area contributed by atoms with Crippen LogP contribution in [0.1, 0.15) is 54.1 Å². The summed E-state index contributed by atoms with van der Waals surface area (Å²) in [5.41, 5.74) is 7.96. The normalized spacial score (nSPS) is 14.1. The molecule has 0 fully saturated rings. The average molecular weight is 583 g/mol. The first-order valence-corrected chi connectivity index (χ1v) is 13.4. The summed E-state index contributed by atoms with van der Waals surface area (Å²) in [7, 11) is 1.54. The largest absolute Gasteiger partial charge is 0.493 e. The molecule has 0 saturated heterocycles. The van der Waals surface area contributed by atoms with Crippen molar-refractivity contribution in [2.75, 3.05) is 20.3 Å². The van der Waals surface area contributed by atoms with Crippen molar-refractivity contribution in [3.05, 3.63) is 86.7 Å². The molecule has 0 amide bonds. The molecule has 1 atom stereocenters. The number of benzene rings is 3. The minimum atomic E-state index is -0.673. The van der Waals surface area contributed by atoms with Gasteiger partial charge in [0.15, 0.2) is 17.2 Å². The van der Waals surface area contributed by atoms with Gasteiger partial charge in [-0.3, -0.25) is 0 Å². The number of ether oxygens (including phenoxy) is 5. The first-order valence-electron chi connectivity index (χ1n) is 12.7. The van der Waals surface area contributed by atoms with Crippen LogP contribution in [0.15, 0.2) is 60.0 Å². The van der Waals surface area contributed by atoms with Gasteiger partial charge in [-0.2, -0.15) is 5.26 Å². The molecule has 10 heteroatoms. The highest BCUT2D eigenvalue weighted by Gasteiger charge is 2.32. The van der Waals surface area contributed by atoms with Gasteiger partial charge in [-0.15, -0.1) is 0 Å². The predicted octanol–water partition coefficient (Wildman–Crippen LogP) is 7.02. The van der Waals surface area contributed by atoms with E-state index in [0.717, 1.165) is 18.4 Å². The summed E-state index contributed by atoms with van der Waals surface area (Å²) in [6.07, 6.45) is 1.80. The number of allylic oxidation sites excluding steroid dienone is 1. The lowest BCUT2D eigenvalue weighted by atomic mass is 9.83. The van der Waals surface area contributed by atoms with Gasteiger partial charge in [-0.1, -0.05) is 48.7 Å². The highest BCUT2D eigenvalue weighted by atomic mass is 35.5. The number of hydrogen-bond donors (Lipinski definition) is 1. The highest BCUT2D eigenvalue weighted by molar-refractivity contribution is 6.37. The van der Waals surface area contributed by atoms with Gasteiger partial charge in [0.25, 0.3) is 0 Å². The van der Waals surface area contributed by atoms with Crippen molar-refractivity contribution in [1.29, 1.82) is 5.26 Å². The van der Waals surface area contributed by atoms with Crippen molar-refractivity contribution < 1.29 is 28.5 Å². The molecule has 0 aliphatic carbocycles. The van der Waals surface area contributed by atoms with E-state index in [1.165, 1.54) is 12.1 Å². The molecule has 3 aromatic carbocycles. The molecular weight excluding hydrogens is 555 g/mol. The molecule has 0 radical (unpaired) electrons. The van der Waals surface area contributed by atoms with Gasteiger partial charge in [0.05, 0.1) is 41.9 Å². The molecule has 1 aliphatic heterocycles. The Morgan fingerprint density at radius 1 is 1.05 bits per heavy atom. The van der Waals surface area contributed by atoms with E-state index in [2.05, 4.69) is 6.07 Å². The standard InChI is InChI=1S/C30H28Cl2N2O6/c1-4-6-11-38-28-22(31)12-18(13-23(28)32)30(35)39-19-8-9-20-25(15-19)40-29(34)21(16-33)27(20)17-7-10-24(37-5-2)26(14-17)36-3/h7-10,12-15,27H,4-6,11,34H2,1-3H3. The van der Waals surface area contributed by atoms with E-state index in [9.17, 15) is 10.1 Å². The SMILES string of the molecule is CCCCOc1c(Cl)cc(C(=O)Oc2ccc3c(c2)OC(N)=C(C#N)C3c2ccc(OCC)c(OC)c2)cc1Cl. The third kappa shape index (κ3) is 6.06. The molecule has 0 spiro atoms. The van der Waals surface area contributed by atoms with Gasteiger partial charge in [-0.05, 0) is 49.2 Å². The molecule has 0 aromatic heterocycles. The van der Waals surface area contributed by atoms with Crippen LogP contribution in [0.5, 0.6) is 28.7 Å². The molecular formula is C30H28Cl2N2O6. The van der Waals surface area contributed by atoms with Crippen molar-refractivity contribution in [3.8, 4) is 34.8 Å². The van der Waals surface area contributed by atoms with Gasteiger partial charge in [0.1, 0.15) is 23.1 Å². The number of nitrogens with two attached hydrogens (primary N) is 1. The number of hydrogen-bond acceptors (Lipinski definition) is 8. The molecule has 8 nitrogen and oxygen atoms in total. The van der Waals surface area contributed by atoms with Crippen LogP contribution in [-0.4, -0.2) is 26.3 Å². The Hall–Kier alpha value is -4.06. The lowest BCUT2D eigenvalue weighted by Gasteiger charge is -2.27. The lowest BCUT2D eigenvalue weighted by Crippen LogP contribution is -2.21. The van der Waals surface area contributed by atoms with Gasteiger partial charge in [0.2, 0.25) is 5.88 Å². The molecule has 2 N–H and O–H groups in total. The zero-order valence-corrected chi connectivity index (χ0v) is 23.8. The summed E-state index contributed by atoms with van der Waals surface area (Å²) < 4.78 is 28.1. The van der Waals surface area contributed by atoms with Crippen molar-refractivity contribution in [3.63, 3.8) is 0 Å². The number of nitrogens with zero attached hydrogens (tertiary/aromatic N) is 1. The minimum Gasteiger partial charge on any atom is -0.493 e. The lowest BCUT2D eigenvalue weighted by molar-refractivity contribution is 0.0734. The summed E-state index contributed by atoms with van der Waals surface area (Å²) in [4.78, 5) is 12.9. The number of carbonyl (C=O) groups excluding carboxylic acids is 1. The number of nitriles is 1. The van der Waals surface area contributed by atoms with Gasteiger partial charge >= 0.3 is 5.97 Å². The van der Waals surface area contributed by atoms with Crippen LogP contribution in [0.3, 0.4) is 0 Å². The zero-order valence-electron chi connectivity index (χ0n) is 22.3. The molecule has 0 bridgehead atoms. The number of rotatable bonds is 10. The van der Waals surface area contributed by atoms with Crippen molar-refractivity contribution in [1.82, 2.24) is 0 Å². The molecule has 4 rings (SSSR count). The van der Waals surface area contributed by atoms with E-state index in [0.29, 0.717) is 41.8 Å². The van der Waals surface area contributed by atoms with E-state index < -0.39 is 11.9 Å². The third-order valence-corrected chi connectivity index (χ3v) is 6.76. The Morgan fingerprint density at radius 2 is 1.80 bits per heavy atom. The molecule has 0 saturated carbocycles. The van der Waals surface area contributed by atoms with Crippen LogP contribution in [-0.2, 0) is 0 Å². The molecule has 1 aliphatic rings. The van der Waals surface area contributed by atoms with Crippen LogP contribution in [0.25, 0.3) is 0 Å². The van der Waals surface area contributed by atoms with Crippen molar-refractivity contribution in [2.45, 2.75) is 32.6 Å². The fourth-order valence-electron chi connectivity index (χ4n) is 4.28. The van der Waals surface area contributed by atoms with E-state index in [4.69, 9.17) is 52.6 Å². The summed E-state index contributed by atoms with van der Waals surface area (Å²) >= 11 is 12.6. The Labute approximate surface area is 242 Å². The maximum Gasteiger partial charge on any atom is 0.343 e. The number of unbranched alkanes of at least 4 members (excludes halogenated alkanes) is 1. The molecule has 1 heterocycles. The first-order chi connectivity index (χ1) is 19.3. The predicted molar refractivity (Wildman–Crippen MR) is 152 cm³/mol. The fourth-order valence-corrected chi connectivity index (χ4v) is 4.88. The maximum absolute atomic E-state index is 12.9. The molecule has 40 heavy (non-hydrogen) atoms. The number of methoxy groups -OCH3 is 1. The minimum absolute atomic E-state index is 0.0476. The number of halogens is 2. The Kier molecular flexibility index (Phi) is 9.30. The van der Waals surface area contributed by atoms with Gasteiger partial charge in [0, 0.05) is 11.6 Å². The summed E-state index contributed by atoms with van der Waals surface area (Å²) in [6, 6.07) is 15.3. The zero-order chi connectivity index (χ0) is 28.8. The highest BCUT2D eigenvalue weighted by Crippen LogP contribution is 2.45. The second-order valence-corrected chi connectivity index (χ2v) is 9.64. The summed E-state index contributed by atoms with van der Waals surface area (Å²) in [5, 5.41) is 10.3. The Morgan fingerprint density at radius 3 is 2.45 bits per heavy atom. The number of fused-ring (bicyclic) bond motifs is 1. The Balaban J connectivity index is 1.62. The van der Waals surface area contributed by atoms with Crippen molar-refractivity contribution in [2.24, 2.45) is 5.73 Å². The topological polar surface area (TPSA) is 113 Å². The fraction of sp³-hybridized carbons (Fsp3) is 0.267.